The number of nitrogens with zero attached hydrogens (tertiary/aromatic N) is 3. The predicted molar refractivity (Wildman–Crippen MR) is 98.6 cm³/mol. The van der Waals surface area contributed by atoms with Gasteiger partial charge in [-0.1, -0.05) is 12.1 Å². The lowest BCUT2D eigenvalue weighted by atomic mass is 9.97. The van der Waals surface area contributed by atoms with Crippen LogP contribution in [-0.2, 0) is 12.7 Å². The number of hydrogen-bond donors (Lipinski definition) is 1. The zero-order chi connectivity index (χ0) is 18.9. The Kier molecular flexibility index (Phi) is 5.23. The summed E-state index contributed by atoms with van der Waals surface area (Å²) in [5, 5.41) is 3.36. The van der Waals surface area contributed by atoms with Crippen molar-refractivity contribution in [1.82, 2.24) is 19.8 Å². The van der Waals surface area contributed by atoms with Gasteiger partial charge < -0.3 is 14.8 Å². The monoisotopic (exact) mass is 378 g/mol. The van der Waals surface area contributed by atoms with Crippen LogP contribution in [0.25, 0.3) is 11.3 Å². The van der Waals surface area contributed by atoms with Crippen LogP contribution in [0.4, 0.5) is 13.2 Å². The molecule has 3 heterocycles. The smallest absolute Gasteiger partial charge is 0.333 e. The first kappa shape index (κ1) is 18.5. The highest BCUT2D eigenvalue weighted by Crippen LogP contribution is 2.33. The molecule has 7 heteroatoms. The molecule has 2 aliphatic heterocycles. The first-order valence-electron chi connectivity index (χ1n) is 9.68. The fourth-order valence-corrected chi connectivity index (χ4v) is 3.86. The molecule has 2 aromatic rings. The van der Waals surface area contributed by atoms with Gasteiger partial charge in [-0.05, 0) is 57.6 Å². The molecular formula is C20H25F3N4. The molecule has 2 fully saturated rings. The largest absolute Gasteiger partial charge is 0.416 e. The van der Waals surface area contributed by atoms with E-state index in [4.69, 9.17) is 4.98 Å². The maximum Gasteiger partial charge on any atom is 0.416 e. The molecule has 4 nitrogen and oxygen atoms in total. The highest BCUT2D eigenvalue weighted by atomic mass is 19.4. The molecule has 0 amide bonds. The van der Waals surface area contributed by atoms with Crippen molar-refractivity contribution in [2.45, 2.75) is 37.9 Å². The van der Waals surface area contributed by atoms with E-state index in [0.717, 1.165) is 64.0 Å². The quantitative estimate of drug-likeness (QED) is 0.860. The Balaban J connectivity index is 1.63. The third-order valence-corrected chi connectivity index (χ3v) is 5.60. The predicted octanol–water partition coefficient (Wildman–Crippen LogP) is 3.74. The van der Waals surface area contributed by atoms with Crippen LogP contribution in [0.3, 0.4) is 0 Å². The molecule has 1 aromatic carbocycles. The summed E-state index contributed by atoms with van der Waals surface area (Å²) in [4.78, 5) is 7.20. The molecule has 1 aromatic heterocycles. The number of rotatable bonds is 5. The van der Waals surface area contributed by atoms with Crippen LogP contribution in [-0.4, -0.2) is 47.2 Å². The summed E-state index contributed by atoms with van der Waals surface area (Å²) in [5.74, 6) is 1.38. The number of imidazole rings is 1. The van der Waals surface area contributed by atoms with E-state index in [1.54, 1.807) is 6.07 Å². The zero-order valence-electron chi connectivity index (χ0n) is 15.3. The molecule has 0 radical (unpaired) electrons. The Hall–Kier alpha value is -1.86. The average Bonchev–Trinajstić information content (AvgIpc) is 3.05. The number of alkyl halides is 3. The van der Waals surface area contributed by atoms with Crippen molar-refractivity contribution < 1.29 is 13.2 Å². The average molecular weight is 378 g/mol. The van der Waals surface area contributed by atoms with E-state index in [-0.39, 0.29) is 0 Å². The second-order valence-corrected chi connectivity index (χ2v) is 7.48. The first-order valence-corrected chi connectivity index (χ1v) is 9.68. The number of nitrogens with one attached hydrogen (secondary N) is 1. The maximum atomic E-state index is 13.1. The molecule has 2 aliphatic rings. The zero-order valence-corrected chi connectivity index (χ0v) is 15.3. The van der Waals surface area contributed by atoms with Crippen LogP contribution in [0.2, 0.25) is 0 Å². The van der Waals surface area contributed by atoms with Crippen molar-refractivity contribution >= 4 is 0 Å². The van der Waals surface area contributed by atoms with E-state index < -0.39 is 11.7 Å². The third-order valence-electron chi connectivity index (χ3n) is 5.60. The minimum atomic E-state index is -4.34. The minimum absolute atomic E-state index is 0.363. The molecule has 146 valence electrons. The van der Waals surface area contributed by atoms with Gasteiger partial charge in [0.1, 0.15) is 5.82 Å². The topological polar surface area (TPSA) is 33.1 Å². The van der Waals surface area contributed by atoms with Gasteiger partial charge in [0, 0.05) is 30.8 Å². The van der Waals surface area contributed by atoms with Crippen LogP contribution < -0.4 is 5.32 Å². The van der Waals surface area contributed by atoms with Gasteiger partial charge in [0.2, 0.25) is 0 Å². The lowest BCUT2D eigenvalue weighted by molar-refractivity contribution is -0.137. The van der Waals surface area contributed by atoms with Crippen molar-refractivity contribution in [2.24, 2.45) is 0 Å². The van der Waals surface area contributed by atoms with Crippen LogP contribution in [0.5, 0.6) is 0 Å². The van der Waals surface area contributed by atoms with Gasteiger partial charge in [0.25, 0.3) is 0 Å². The minimum Gasteiger partial charge on any atom is -0.333 e. The number of benzene rings is 1. The molecule has 1 N–H and O–H groups in total. The third kappa shape index (κ3) is 4.19. The van der Waals surface area contributed by atoms with Gasteiger partial charge >= 0.3 is 6.18 Å². The van der Waals surface area contributed by atoms with Crippen LogP contribution >= 0.6 is 0 Å². The van der Waals surface area contributed by atoms with Gasteiger partial charge in [-0.15, -0.1) is 0 Å². The molecule has 0 bridgehead atoms. The van der Waals surface area contributed by atoms with E-state index in [0.29, 0.717) is 17.2 Å². The Morgan fingerprint density at radius 3 is 2.56 bits per heavy atom. The molecule has 0 spiro atoms. The Morgan fingerprint density at radius 2 is 1.89 bits per heavy atom. The van der Waals surface area contributed by atoms with E-state index >= 15 is 0 Å². The van der Waals surface area contributed by atoms with E-state index in [9.17, 15) is 13.2 Å². The molecular weight excluding hydrogens is 353 g/mol. The van der Waals surface area contributed by atoms with E-state index in [1.165, 1.54) is 18.6 Å². The Bertz CT molecular complexity index is 774. The van der Waals surface area contributed by atoms with Crippen LogP contribution in [0.15, 0.2) is 30.5 Å². The summed E-state index contributed by atoms with van der Waals surface area (Å²) < 4.78 is 41.4. The van der Waals surface area contributed by atoms with Crippen LogP contribution in [0, 0.1) is 0 Å². The first-order chi connectivity index (χ1) is 13.0. The molecule has 0 saturated carbocycles. The molecule has 0 unspecified atom stereocenters. The molecule has 0 atom stereocenters. The molecule has 27 heavy (non-hydrogen) atoms. The Morgan fingerprint density at radius 1 is 1.11 bits per heavy atom. The van der Waals surface area contributed by atoms with Crippen molar-refractivity contribution in [3.05, 3.63) is 41.9 Å². The SMILES string of the molecule is FC(F)(F)c1cccc(-c2cn(CCN3CCC3)c(C3CCNCC3)n2)c1. The van der Waals surface area contributed by atoms with Crippen molar-refractivity contribution in [2.75, 3.05) is 32.7 Å². The number of aromatic nitrogens is 2. The maximum absolute atomic E-state index is 13.1. The van der Waals surface area contributed by atoms with Gasteiger partial charge in [-0.3, -0.25) is 0 Å². The van der Waals surface area contributed by atoms with E-state index in [2.05, 4.69) is 14.8 Å². The van der Waals surface area contributed by atoms with Crippen molar-refractivity contribution in [3.63, 3.8) is 0 Å². The van der Waals surface area contributed by atoms with Crippen molar-refractivity contribution in [1.29, 1.82) is 0 Å². The summed E-state index contributed by atoms with van der Waals surface area (Å²) >= 11 is 0. The van der Waals surface area contributed by atoms with Crippen molar-refractivity contribution in [3.8, 4) is 11.3 Å². The summed E-state index contributed by atoms with van der Waals surface area (Å²) in [6.45, 7) is 6.00. The second kappa shape index (κ2) is 7.64. The van der Waals surface area contributed by atoms with Gasteiger partial charge in [-0.25, -0.2) is 4.98 Å². The summed E-state index contributed by atoms with van der Waals surface area (Å²) in [7, 11) is 0. The molecule has 2 saturated heterocycles. The summed E-state index contributed by atoms with van der Waals surface area (Å²) in [6, 6.07) is 5.48. The Labute approximate surface area is 157 Å². The van der Waals surface area contributed by atoms with Gasteiger partial charge in [0.15, 0.2) is 0 Å². The molecule has 0 aliphatic carbocycles. The highest BCUT2D eigenvalue weighted by molar-refractivity contribution is 5.60. The summed E-state index contributed by atoms with van der Waals surface area (Å²) in [6.07, 6.45) is 0.882. The fourth-order valence-electron chi connectivity index (χ4n) is 3.86. The normalized spacial score (nSPS) is 19.2. The highest BCUT2D eigenvalue weighted by Gasteiger charge is 2.31. The van der Waals surface area contributed by atoms with Gasteiger partial charge in [0.05, 0.1) is 11.3 Å². The number of likely N-dealkylation sites (tertiary alicyclic amines) is 1. The number of piperidine rings is 1. The van der Waals surface area contributed by atoms with Crippen LogP contribution in [0.1, 0.15) is 36.6 Å². The lowest BCUT2D eigenvalue weighted by Gasteiger charge is -2.31. The molecule has 4 rings (SSSR count). The van der Waals surface area contributed by atoms with Gasteiger partial charge in [-0.2, -0.15) is 13.2 Å². The number of hydrogen-bond acceptors (Lipinski definition) is 3. The lowest BCUT2D eigenvalue weighted by Crippen LogP contribution is -2.39. The standard InChI is InChI=1S/C20H25F3N4/c21-20(22,23)17-4-1-3-16(13-17)18-14-27(12-11-26-9-2-10-26)19(25-18)15-5-7-24-8-6-15/h1,3-4,13-15,24H,2,5-12H2. The second-order valence-electron chi connectivity index (χ2n) is 7.48. The van der Waals surface area contributed by atoms with E-state index in [1.807, 2.05) is 6.20 Å². The summed E-state index contributed by atoms with van der Waals surface area (Å²) in [5.41, 5.74) is 0.541. The fraction of sp³-hybridized carbons (Fsp3) is 0.550. The number of halogens is 3.